The third-order valence-electron chi connectivity index (χ3n) is 4.12. The molecule has 6 heteroatoms. The van der Waals surface area contributed by atoms with Crippen LogP contribution in [0.15, 0.2) is 89.6 Å². The van der Waals surface area contributed by atoms with E-state index >= 15 is 0 Å². The molecule has 0 bridgehead atoms. The molecule has 0 fully saturated rings. The zero-order chi connectivity index (χ0) is 20.9. The van der Waals surface area contributed by atoms with Crippen LogP contribution in [0.5, 0.6) is 17.2 Å². The Morgan fingerprint density at radius 2 is 1.60 bits per heavy atom. The highest BCUT2D eigenvalue weighted by Gasteiger charge is 2.24. The summed E-state index contributed by atoms with van der Waals surface area (Å²) < 4.78 is 16.1. The van der Waals surface area contributed by atoms with Crippen LogP contribution in [-0.2, 0) is 14.3 Å². The third kappa shape index (κ3) is 4.62. The molecule has 0 atom stereocenters. The molecule has 1 heterocycles. The Morgan fingerprint density at radius 3 is 2.33 bits per heavy atom. The minimum absolute atomic E-state index is 0.162. The van der Waals surface area contributed by atoms with Gasteiger partial charge in [0.2, 0.25) is 5.90 Å². The number of rotatable bonds is 5. The van der Waals surface area contributed by atoms with Crippen LogP contribution in [0.1, 0.15) is 18.1 Å². The van der Waals surface area contributed by atoms with Crippen LogP contribution >= 0.6 is 0 Å². The van der Waals surface area contributed by atoms with Gasteiger partial charge in [-0.3, -0.25) is 4.79 Å². The molecule has 0 aromatic heterocycles. The van der Waals surface area contributed by atoms with Gasteiger partial charge in [-0.25, -0.2) is 9.79 Å². The lowest BCUT2D eigenvalue weighted by Crippen LogP contribution is -2.05. The van der Waals surface area contributed by atoms with E-state index in [9.17, 15) is 9.59 Å². The van der Waals surface area contributed by atoms with E-state index in [0.29, 0.717) is 22.6 Å². The van der Waals surface area contributed by atoms with E-state index in [1.165, 1.54) is 6.92 Å². The van der Waals surface area contributed by atoms with Gasteiger partial charge in [0, 0.05) is 12.5 Å². The number of benzene rings is 3. The monoisotopic (exact) mass is 399 g/mol. The average Bonchev–Trinajstić information content (AvgIpc) is 3.09. The number of nitrogens with zero attached hydrogens (tertiary/aromatic N) is 1. The summed E-state index contributed by atoms with van der Waals surface area (Å²) in [5, 5.41) is 0. The number of para-hydroxylation sites is 1. The van der Waals surface area contributed by atoms with Gasteiger partial charge in [0.25, 0.3) is 0 Å². The van der Waals surface area contributed by atoms with Crippen molar-refractivity contribution in [2.75, 3.05) is 0 Å². The highest BCUT2D eigenvalue weighted by molar-refractivity contribution is 6.12. The largest absolute Gasteiger partial charge is 0.457 e. The molecule has 0 saturated carbocycles. The van der Waals surface area contributed by atoms with Gasteiger partial charge >= 0.3 is 11.9 Å². The molecule has 3 aromatic carbocycles. The van der Waals surface area contributed by atoms with Gasteiger partial charge in [-0.15, -0.1) is 0 Å². The molecule has 3 aromatic rings. The second-order valence-electron chi connectivity index (χ2n) is 6.44. The van der Waals surface area contributed by atoms with E-state index in [1.807, 2.05) is 30.3 Å². The first kappa shape index (κ1) is 19.1. The minimum atomic E-state index is -0.549. The summed E-state index contributed by atoms with van der Waals surface area (Å²) in [5.41, 5.74) is 1.48. The number of carbonyl (C=O) groups excluding carboxylic acids is 2. The van der Waals surface area contributed by atoms with Crippen molar-refractivity contribution in [2.45, 2.75) is 6.92 Å². The van der Waals surface area contributed by atoms with Crippen molar-refractivity contribution in [3.63, 3.8) is 0 Å². The predicted octanol–water partition coefficient (Wildman–Crippen LogP) is 4.75. The van der Waals surface area contributed by atoms with Crippen molar-refractivity contribution < 1.29 is 23.8 Å². The van der Waals surface area contributed by atoms with E-state index in [1.54, 1.807) is 54.6 Å². The van der Waals surface area contributed by atoms with Crippen LogP contribution in [0.4, 0.5) is 0 Å². The summed E-state index contributed by atoms with van der Waals surface area (Å²) in [6.07, 6.45) is 1.58. The average molecular weight is 399 g/mol. The van der Waals surface area contributed by atoms with E-state index < -0.39 is 11.9 Å². The molecule has 4 rings (SSSR count). The number of esters is 2. The molecule has 1 aliphatic rings. The zero-order valence-corrected chi connectivity index (χ0v) is 16.1. The van der Waals surface area contributed by atoms with E-state index in [0.717, 1.165) is 5.75 Å². The number of ether oxygens (including phenoxy) is 3. The smallest absolute Gasteiger partial charge is 0.363 e. The second kappa shape index (κ2) is 8.45. The summed E-state index contributed by atoms with van der Waals surface area (Å²) in [7, 11) is 0. The van der Waals surface area contributed by atoms with Crippen molar-refractivity contribution in [3.05, 3.63) is 95.7 Å². The fourth-order valence-corrected chi connectivity index (χ4v) is 2.81. The van der Waals surface area contributed by atoms with Crippen molar-refractivity contribution in [2.24, 2.45) is 4.99 Å². The van der Waals surface area contributed by atoms with Gasteiger partial charge in [-0.1, -0.05) is 30.3 Å². The van der Waals surface area contributed by atoms with E-state index in [2.05, 4.69) is 4.99 Å². The first-order valence-electron chi connectivity index (χ1n) is 9.21. The summed E-state index contributed by atoms with van der Waals surface area (Å²) in [4.78, 5) is 27.6. The molecular weight excluding hydrogens is 382 g/mol. The SMILES string of the molecule is CC(=O)Oc1cccc(/C=C2/N=C(c3ccc(Oc4ccccc4)cc3)OC2=O)c1. The number of aliphatic imine (C=N–C) groups is 1. The van der Waals surface area contributed by atoms with E-state index in [4.69, 9.17) is 14.2 Å². The molecule has 0 N–H and O–H groups in total. The zero-order valence-electron chi connectivity index (χ0n) is 16.1. The van der Waals surface area contributed by atoms with Gasteiger partial charge < -0.3 is 14.2 Å². The fourth-order valence-electron chi connectivity index (χ4n) is 2.81. The van der Waals surface area contributed by atoms with Crippen LogP contribution in [0, 0.1) is 0 Å². The lowest BCUT2D eigenvalue weighted by molar-refractivity contribution is -0.132. The Bertz CT molecular complexity index is 1150. The molecule has 0 radical (unpaired) electrons. The predicted molar refractivity (Wildman–Crippen MR) is 111 cm³/mol. The Labute approximate surface area is 173 Å². The number of carbonyl (C=O) groups is 2. The van der Waals surface area contributed by atoms with Gasteiger partial charge in [-0.2, -0.15) is 0 Å². The standard InChI is InChI=1S/C24H17NO5/c1-16(26)28-21-9-5-6-17(14-21)15-22-24(27)30-23(25-22)18-10-12-20(13-11-18)29-19-7-3-2-4-8-19/h2-15H,1H3/b22-15+. The van der Waals surface area contributed by atoms with Gasteiger partial charge in [0.15, 0.2) is 5.70 Å². The number of hydrogen-bond donors (Lipinski definition) is 0. The molecule has 0 saturated heterocycles. The maximum absolute atomic E-state index is 12.2. The molecule has 0 unspecified atom stereocenters. The normalized spacial score (nSPS) is 14.2. The van der Waals surface area contributed by atoms with Crippen molar-refractivity contribution in [1.29, 1.82) is 0 Å². The number of cyclic esters (lactones) is 1. The molecule has 30 heavy (non-hydrogen) atoms. The fraction of sp³-hybridized carbons (Fsp3) is 0.0417. The van der Waals surface area contributed by atoms with Crippen molar-refractivity contribution >= 4 is 23.9 Å². The second-order valence-corrected chi connectivity index (χ2v) is 6.44. The molecular formula is C24H17NO5. The van der Waals surface area contributed by atoms with Crippen LogP contribution < -0.4 is 9.47 Å². The third-order valence-corrected chi connectivity index (χ3v) is 4.12. The van der Waals surface area contributed by atoms with Crippen LogP contribution in [0.2, 0.25) is 0 Å². The Morgan fingerprint density at radius 1 is 0.900 bits per heavy atom. The first-order valence-corrected chi connectivity index (χ1v) is 9.21. The number of hydrogen-bond acceptors (Lipinski definition) is 6. The lowest BCUT2D eigenvalue weighted by atomic mass is 10.2. The summed E-state index contributed by atoms with van der Waals surface area (Å²) in [6.45, 7) is 1.33. The molecule has 148 valence electrons. The molecule has 6 nitrogen and oxygen atoms in total. The minimum Gasteiger partial charge on any atom is -0.457 e. The molecule has 1 aliphatic heterocycles. The molecule has 0 aliphatic carbocycles. The topological polar surface area (TPSA) is 74.2 Å². The Balaban J connectivity index is 1.52. The van der Waals surface area contributed by atoms with Gasteiger partial charge in [-0.05, 0) is 60.2 Å². The first-order chi connectivity index (χ1) is 14.6. The highest BCUT2D eigenvalue weighted by Crippen LogP contribution is 2.24. The van der Waals surface area contributed by atoms with Crippen molar-refractivity contribution in [1.82, 2.24) is 0 Å². The summed E-state index contributed by atoms with van der Waals surface area (Å²) in [6, 6.07) is 23.3. The van der Waals surface area contributed by atoms with Gasteiger partial charge in [0.05, 0.1) is 0 Å². The quantitative estimate of drug-likeness (QED) is 0.352. The Hall–Kier alpha value is -4.19. The maximum Gasteiger partial charge on any atom is 0.363 e. The lowest BCUT2D eigenvalue weighted by Gasteiger charge is -2.06. The van der Waals surface area contributed by atoms with Crippen molar-refractivity contribution in [3.8, 4) is 17.2 Å². The molecule has 0 amide bonds. The maximum atomic E-state index is 12.2. The summed E-state index contributed by atoms with van der Waals surface area (Å²) >= 11 is 0. The van der Waals surface area contributed by atoms with Gasteiger partial charge in [0.1, 0.15) is 17.2 Å². The van der Waals surface area contributed by atoms with Crippen LogP contribution in [0.3, 0.4) is 0 Å². The van der Waals surface area contributed by atoms with Crippen LogP contribution in [0.25, 0.3) is 6.08 Å². The summed E-state index contributed by atoms with van der Waals surface area (Å²) in [5.74, 6) is 1.03. The highest BCUT2D eigenvalue weighted by atomic mass is 16.6. The van der Waals surface area contributed by atoms with Crippen LogP contribution in [-0.4, -0.2) is 17.8 Å². The van der Waals surface area contributed by atoms with E-state index in [-0.39, 0.29) is 11.6 Å². The Kier molecular flexibility index (Phi) is 5.39. The molecule has 0 spiro atoms.